The van der Waals surface area contributed by atoms with Gasteiger partial charge in [0.15, 0.2) is 0 Å². The number of hydrogen-bond acceptors (Lipinski definition) is 5. The van der Waals surface area contributed by atoms with E-state index in [9.17, 15) is 10.1 Å². The highest BCUT2D eigenvalue weighted by Crippen LogP contribution is 2.51. The Morgan fingerprint density at radius 1 is 1.24 bits per heavy atom. The van der Waals surface area contributed by atoms with Gasteiger partial charge in [-0.25, -0.2) is 0 Å². The van der Waals surface area contributed by atoms with Crippen LogP contribution in [0.15, 0.2) is 48.6 Å². The molecular weight excluding hydrogens is 392 g/mol. The van der Waals surface area contributed by atoms with Crippen molar-refractivity contribution in [1.29, 1.82) is 0 Å². The summed E-state index contributed by atoms with van der Waals surface area (Å²) in [5.41, 5.74) is 3.04. The third kappa shape index (κ3) is 3.95. The Hall–Kier alpha value is -2.57. The van der Waals surface area contributed by atoms with Crippen LogP contribution >= 0.6 is 11.6 Å². The van der Waals surface area contributed by atoms with Crippen molar-refractivity contribution < 1.29 is 14.4 Å². The van der Waals surface area contributed by atoms with Crippen molar-refractivity contribution in [3.05, 3.63) is 74.8 Å². The van der Waals surface area contributed by atoms with E-state index in [2.05, 4.69) is 23.5 Å². The standard InChI is InChI=1S/C22H23ClN2O4/c1-2-28-10-11-29-15-7-9-20-18(13-15)16-4-3-5-17(16)22(24-20)14-6-8-19(23)21(12-14)25(26)27/h3-4,6-9,12-13,16-17,22,24H,2,5,10-11H2,1H3. The minimum atomic E-state index is -0.432. The van der Waals surface area contributed by atoms with Crippen LogP contribution in [-0.2, 0) is 4.74 Å². The van der Waals surface area contributed by atoms with Crippen molar-refractivity contribution in [2.24, 2.45) is 5.92 Å². The Morgan fingerprint density at radius 3 is 2.90 bits per heavy atom. The number of fused-ring (bicyclic) bond motifs is 3. The molecule has 0 saturated carbocycles. The Kier molecular flexibility index (Phi) is 5.74. The van der Waals surface area contributed by atoms with Gasteiger partial charge in [0.1, 0.15) is 17.4 Å². The molecule has 0 spiro atoms. The molecule has 29 heavy (non-hydrogen) atoms. The Bertz CT molecular complexity index is 946. The highest BCUT2D eigenvalue weighted by atomic mass is 35.5. The topological polar surface area (TPSA) is 73.6 Å². The molecular formula is C22H23ClN2O4. The molecule has 2 aromatic carbocycles. The van der Waals surface area contributed by atoms with Gasteiger partial charge in [-0.05, 0) is 54.7 Å². The molecule has 2 aromatic rings. The first kappa shape index (κ1) is 19.7. The minimum Gasteiger partial charge on any atom is -0.491 e. The lowest BCUT2D eigenvalue weighted by molar-refractivity contribution is -0.384. The third-order valence-corrected chi connectivity index (χ3v) is 5.88. The maximum Gasteiger partial charge on any atom is 0.288 e. The molecule has 0 saturated heterocycles. The molecule has 0 amide bonds. The number of ether oxygens (including phenoxy) is 2. The molecule has 1 N–H and O–H groups in total. The van der Waals surface area contributed by atoms with Crippen molar-refractivity contribution in [3.8, 4) is 5.75 Å². The fourth-order valence-corrected chi connectivity index (χ4v) is 4.40. The van der Waals surface area contributed by atoms with Crippen molar-refractivity contribution in [3.63, 3.8) is 0 Å². The summed E-state index contributed by atoms with van der Waals surface area (Å²) in [6.07, 6.45) is 5.32. The van der Waals surface area contributed by atoms with Gasteiger partial charge in [0.25, 0.3) is 5.69 Å². The first-order valence-electron chi connectivity index (χ1n) is 9.80. The Balaban J connectivity index is 1.61. The van der Waals surface area contributed by atoms with E-state index < -0.39 is 4.92 Å². The van der Waals surface area contributed by atoms with E-state index >= 15 is 0 Å². The first-order chi connectivity index (χ1) is 14.1. The van der Waals surface area contributed by atoms with E-state index in [0.717, 1.165) is 23.4 Å². The number of benzene rings is 2. The summed E-state index contributed by atoms with van der Waals surface area (Å²) in [5, 5.41) is 15.1. The molecule has 1 heterocycles. The smallest absolute Gasteiger partial charge is 0.288 e. The monoisotopic (exact) mass is 414 g/mol. The van der Waals surface area contributed by atoms with Gasteiger partial charge in [-0.3, -0.25) is 10.1 Å². The van der Waals surface area contributed by atoms with Gasteiger partial charge in [-0.2, -0.15) is 0 Å². The average molecular weight is 415 g/mol. The van der Waals surface area contributed by atoms with Crippen molar-refractivity contribution in [2.75, 3.05) is 25.1 Å². The molecule has 1 aliphatic heterocycles. The molecule has 0 radical (unpaired) electrons. The van der Waals surface area contributed by atoms with Crippen LogP contribution < -0.4 is 10.1 Å². The first-order valence-corrected chi connectivity index (χ1v) is 10.2. The lowest BCUT2D eigenvalue weighted by atomic mass is 9.77. The maximum absolute atomic E-state index is 11.3. The summed E-state index contributed by atoms with van der Waals surface area (Å²) >= 11 is 6.00. The van der Waals surface area contributed by atoms with E-state index in [1.54, 1.807) is 12.1 Å². The molecule has 152 valence electrons. The molecule has 0 bridgehead atoms. The largest absolute Gasteiger partial charge is 0.491 e. The van der Waals surface area contributed by atoms with Gasteiger partial charge >= 0.3 is 0 Å². The average Bonchev–Trinajstić information content (AvgIpc) is 3.21. The normalized spacial score (nSPS) is 21.9. The summed E-state index contributed by atoms with van der Waals surface area (Å²) in [4.78, 5) is 10.9. The number of rotatable bonds is 7. The zero-order valence-electron chi connectivity index (χ0n) is 16.1. The van der Waals surface area contributed by atoms with E-state index in [0.29, 0.717) is 19.8 Å². The second kappa shape index (κ2) is 8.43. The second-order valence-electron chi connectivity index (χ2n) is 7.24. The molecule has 4 rings (SSSR count). The number of nitro groups is 1. The Morgan fingerprint density at radius 2 is 2.10 bits per heavy atom. The van der Waals surface area contributed by atoms with Crippen molar-refractivity contribution >= 4 is 23.0 Å². The quantitative estimate of drug-likeness (QED) is 0.280. The van der Waals surface area contributed by atoms with E-state index in [4.69, 9.17) is 21.1 Å². The molecule has 7 heteroatoms. The van der Waals surface area contributed by atoms with Crippen LogP contribution in [0.25, 0.3) is 0 Å². The van der Waals surface area contributed by atoms with Crippen LogP contribution in [0.1, 0.15) is 36.4 Å². The van der Waals surface area contributed by atoms with Crippen LogP contribution in [0.5, 0.6) is 5.75 Å². The third-order valence-electron chi connectivity index (χ3n) is 5.56. The predicted molar refractivity (Wildman–Crippen MR) is 113 cm³/mol. The number of hydrogen-bond donors (Lipinski definition) is 1. The second-order valence-corrected chi connectivity index (χ2v) is 7.65. The zero-order chi connectivity index (χ0) is 20.4. The molecule has 3 unspecified atom stereocenters. The number of halogens is 1. The van der Waals surface area contributed by atoms with E-state index in [1.165, 1.54) is 5.56 Å². The lowest BCUT2D eigenvalue weighted by Crippen LogP contribution is -2.29. The molecule has 1 aliphatic carbocycles. The van der Waals surface area contributed by atoms with Crippen LogP contribution in [0.2, 0.25) is 5.02 Å². The van der Waals surface area contributed by atoms with Crippen LogP contribution in [0.3, 0.4) is 0 Å². The fourth-order valence-electron chi connectivity index (χ4n) is 4.22. The predicted octanol–water partition coefficient (Wildman–Crippen LogP) is 5.49. The number of nitro benzene ring substituents is 1. The van der Waals surface area contributed by atoms with Crippen LogP contribution in [-0.4, -0.2) is 24.7 Å². The summed E-state index contributed by atoms with van der Waals surface area (Å²) in [7, 11) is 0. The lowest BCUT2D eigenvalue weighted by Gasteiger charge is -2.37. The van der Waals surface area contributed by atoms with Crippen molar-refractivity contribution in [2.45, 2.75) is 25.3 Å². The Labute approximate surface area is 174 Å². The summed E-state index contributed by atoms with van der Waals surface area (Å²) in [5.74, 6) is 1.34. The van der Waals surface area contributed by atoms with Gasteiger partial charge < -0.3 is 14.8 Å². The SMILES string of the molecule is CCOCCOc1ccc2c(c1)C1C=CCC1C(c1ccc(Cl)c([N+](=O)[O-])c1)N2. The van der Waals surface area contributed by atoms with Gasteiger partial charge in [-0.15, -0.1) is 0 Å². The van der Waals surface area contributed by atoms with E-state index in [1.807, 2.05) is 25.1 Å². The molecule has 3 atom stereocenters. The fraction of sp³-hybridized carbons (Fsp3) is 0.364. The van der Waals surface area contributed by atoms with Gasteiger partial charge in [0.05, 0.1) is 17.6 Å². The number of anilines is 1. The molecule has 2 aliphatic rings. The zero-order valence-corrected chi connectivity index (χ0v) is 16.9. The number of allylic oxidation sites excluding steroid dienone is 2. The maximum atomic E-state index is 11.3. The summed E-state index contributed by atoms with van der Waals surface area (Å²) in [6, 6.07) is 11.1. The van der Waals surface area contributed by atoms with E-state index in [-0.39, 0.29) is 28.6 Å². The summed E-state index contributed by atoms with van der Waals surface area (Å²) in [6.45, 7) is 3.72. The number of nitrogens with one attached hydrogen (secondary N) is 1. The minimum absolute atomic E-state index is 0.0248. The molecule has 6 nitrogen and oxygen atoms in total. The highest BCUT2D eigenvalue weighted by molar-refractivity contribution is 6.32. The van der Waals surface area contributed by atoms with Gasteiger partial charge in [0.2, 0.25) is 0 Å². The highest BCUT2D eigenvalue weighted by Gasteiger charge is 2.38. The van der Waals surface area contributed by atoms with Crippen molar-refractivity contribution in [1.82, 2.24) is 0 Å². The van der Waals surface area contributed by atoms with Gasteiger partial charge in [0, 0.05) is 24.3 Å². The van der Waals surface area contributed by atoms with Crippen LogP contribution in [0.4, 0.5) is 11.4 Å². The summed E-state index contributed by atoms with van der Waals surface area (Å²) < 4.78 is 11.2. The van der Waals surface area contributed by atoms with Gasteiger partial charge in [-0.1, -0.05) is 29.8 Å². The van der Waals surface area contributed by atoms with Crippen LogP contribution in [0, 0.1) is 16.0 Å². The molecule has 0 aromatic heterocycles. The number of nitrogens with zero attached hydrogens (tertiary/aromatic N) is 1. The molecule has 0 fully saturated rings.